The fourth-order valence-corrected chi connectivity index (χ4v) is 1.79. The van der Waals surface area contributed by atoms with E-state index in [2.05, 4.69) is 4.90 Å². The number of likely N-dealkylation sites (N-methyl/N-ethyl adjacent to an activating group) is 1. The smallest absolute Gasteiger partial charge is 0.339 e. The van der Waals surface area contributed by atoms with Gasteiger partial charge in [0.05, 0.1) is 0 Å². The Morgan fingerprint density at radius 1 is 1.30 bits per heavy atom. The molecule has 6 heteroatoms. The molecule has 1 aromatic rings. The monoisotopic (exact) mass is 303 g/mol. The van der Waals surface area contributed by atoms with Crippen LogP contribution in [0.2, 0.25) is 0 Å². The molecular weight excluding hydrogens is 282 g/mol. The van der Waals surface area contributed by atoms with Gasteiger partial charge in [-0.2, -0.15) is 0 Å². The van der Waals surface area contributed by atoms with Gasteiger partial charge in [0.2, 0.25) is 0 Å². The largest absolute Gasteiger partial charge is 0.490 e. The zero-order chi connectivity index (χ0) is 14.3. The zero-order valence-corrected chi connectivity index (χ0v) is 12.6. The number of ether oxygens (including phenoxy) is 1. The maximum Gasteiger partial charge on any atom is 0.339 e. The van der Waals surface area contributed by atoms with Gasteiger partial charge in [0.15, 0.2) is 0 Å². The Morgan fingerprint density at radius 2 is 1.90 bits per heavy atom. The Bertz CT molecular complexity index is 410. The molecule has 0 bridgehead atoms. The van der Waals surface area contributed by atoms with E-state index >= 15 is 0 Å². The number of para-hydroxylation sites is 1. The van der Waals surface area contributed by atoms with Crippen molar-refractivity contribution in [3.05, 3.63) is 29.8 Å². The summed E-state index contributed by atoms with van der Waals surface area (Å²) in [5.41, 5.74) is 0.109. The summed E-state index contributed by atoms with van der Waals surface area (Å²) < 4.78 is 5.39. The van der Waals surface area contributed by atoms with Crippen LogP contribution < -0.4 is 4.74 Å². The minimum absolute atomic E-state index is 0. The lowest BCUT2D eigenvalue weighted by Gasteiger charge is -2.22. The number of aliphatic hydroxyl groups excluding tert-OH is 1. The van der Waals surface area contributed by atoms with E-state index in [9.17, 15) is 9.90 Å². The van der Waals surface area contributed by atoms with Crippen molar-refractivity contribution in [1.82, 2.24) is 4.90 Å². The van der Waals surface area contributed by atoms with Crippen LogP contribution in [0.4, 0.5) is 0 Å². The number of carboxylic acids is 1. The van der Waals surface area contributed by atoms with E-state index in [1.807, 2.05) is 13.8 Å². The molecule has 0 fully saturated rings. The molecule has 1 atom stereocenters. The molecule has 1 aromatic carbocycles. The van der Waals surface area contributed by atoms with Crippen LogP contribution in [0.3, 0.4) is 0 Å². The van der Waals surface area contributed by atoms with Crippen molar-refractivity contribution in [3.63, 3.8) is 0 Å². The highest BCUT2D eigenvalue weighted by atomic mass is 35.5. The highest BCUT2D eigenvalue weighted by Gasteiger charge is 2.13. The number of rotatable bonds is 8. The number of aliphatic hydroxyl groups is 1. The molecule has 1 unspecified atom stereocenters. The summed E-state index contributed by atoms with van der Waals surface area (Å²) in [6, 6.07) is 6.42. The molecule has 0 heterocycles. The highest BCUT2D eigenvalue weighted by Crippen LogP contribution is 2.17. The van der Waals surface area contributed by atoms with E-state index in [-0.39, 0.29) is 30.3 Å². The van der Waals surface area contributed by atoms with Crippen molar-refractivity contribution in [2.75, 3.05) is 26.2 Å². The highest BCUT2D eigenvalue weighted by molar-refractivity contribution is 5.90. The predicted molar refractivity (Wildman–Crippen MR) is 79.9 cm³/mol. The Kier molecular flexibility index (Phi) is 8.96. The predicted octanol–water partition coefficient (Wildman–Crippen LogP) is 1.89. The van der Waals surface area contributed by atoms with Crippen molar-refractivity contribution >= 4 is 18.4 Å². The van der Waals surface area contributed by atoms with Crippen LogP contribution in [0.25, 0.3) is 0 Å². The Hall–Kier alpha value is -1.30. The van der Waals surface area contributed by atoms with Crippen LogP contribution in [0.15, 0.2) is 24.3 Å². The number of aromatic carboxylic acids is 1. The number of carboxylic acid groups (broad SMARTS) is 1. The third kappa shape index (κ3) is 5.77. The molecule has 5 nitrogen and oxygen atoms in total. The van der Waals surface area contributed by atoms with Crippen LogP contribution in [0.5, 0.6) is 5.75 Å². The molecule has 0 amide bonds. The first kappa shape index (κ1) is 18.7. The van der Waals surface area contributed by atoms with Crippen molar-refractivity contribution < 1.29 is 19.7 Å². The number of hydrogen-bond donors (Lipinski definition) is 2. The summed E-state index contributed by atoms with van der Waals surface area (Å²) in [6.45, 7) is 6.37. The van der Waals surface area contributed by atoms with E-state index in [0.717, 1.165) is 13.1 Å². The maximum absolute atomic E-state index is 11.0. The first-order valence-electron chi connectivity index (χ1n) is 6.44. The van der Waals surface area contributed by atoms with Crippen molar-refractivity contribution in [3.8, 4) is 5.75 Å². The van der Waals surface area contributed by atoms with Gasteiger partial charge in [-0.05, 0) is 25.2 Å². The van der Waals surface area contributed by atoms with Gasteiger partial charge < -0.3 is 19.8 Å². The van der Waals surface area contributed by atoms with Crippen LogP contribution in [-0.2, 0) is 0 Å². The van der Waals surface area contributed by atoms with E-state index in [1.165, 1.54) is 6.07 Å². The van der Waals surface area contributed by atoms with E-state index < -0.39 is 12.1 Å². The normalized spacial score (nSPS) is 11.8. The van der Waals surface area contributed by atoms with E-state index in [0.29, 0.717) is 6.54 Å². The molecule has 0 aliphatic carbocycles. The second-order valence-electron chi connectivity index (χ2n) is 4.25. The maximum atomic E-state index is 11.0. The SMILES string of the molecule is CCN(CC)CC(O)COc1ccccc1C(=O)O.Cl. The average molecular weight is 304 g/mol. The third-order valence-electron chi connectivity index (χ3n) is 2.91. The quantitative estimate of drug-likeness (QED) is 0.767. The second-order valence-corrected chi connectivity index (χ2v) is 4.25. The molecular formula is C14H22ClNO4. The molecule has 1 rings (SSSR count). The molecule has 0 saturated carbocycles. The molecule has 0 radical (unpaired) electrons. The first-order valence-corrected chi connectivity index (χ1v) is 6.44. The second kappa shape index (κ2) is 9.58. The average Bonchev–Trinajstić information content (AvgIpc) is 2.42. The lowest BCUT2D eigenvalue weighted by molar-refractivity contribution is 0.0645. The van der Waals surface area contributed by atoms with Gasteiger partial charge >= 0.3 is 5.97 Å². The molecule has 0 spiro atoms. The fraction of sp³-hybridized carbons (Fsp3) is 0.500. The van der Waals surface area contributed by atoms with Crippen molar-refractivity contribution in [2.24, 2.45) is 0 Å². The molecule has 0 saturated heterocycles. The molecule has 0 aromatic heterocycles. The van der Waals surface area contributed by atoms with Crippen LogP contribution in [0.1, 0.15) is 24.2 Å². The van der Waals surface area contributed by atoms with E-state index in [1.54, 1.807) is 18.2 Å². The van der Waals surface area contributed by atoms with E-state index in [4.69, 9.17) is 9.84 Å². The van der Waals surface area contributed by atoms with Crippen LogP contribution in [-0.4, -0.2) is 53.4 Å². The van der Waals surface area contributed by atoms with Gasteiger partial charge in [0, 0.05) is 6.54 Å². The third-order valence-corrected chi connectivity index (χ3v) is 2.91. The van der Waals surface area contributed by atoms with Gasteiger partial charge in [0.1, 0.15) is 24.0 Å². The molecule has 0 aliphatic heterocycles. The minimum Gasteiger partial charge on any atom is -0.490 e. The Labute approximate surface area is 125 Å². The van der Waals surface area contributed by atoms with Crippen molar-refractivity contribution in [1.29, 1.82) is 0 Å². The molecule has 114 valence electrons. The zero-order valence-electron chi connectivity index (χ0n) is 11.8. The molecule has 2 N–H and O–H groups in total. The lowest BCUT2D eigenvalue weighted by Crippen LogP contribution is -2.35. The summed E-state index contributed by atoms with van der Waals surface area (Å²) in [7, 11) is 0. The van der Waals surface area contributed by atoms with Gasteiger partial charge in [-0.3, -0.25) is 0 Å². The number of nitrogens with zero attached hydrogens (tertiary/aromatic N) is 1. The van der Waals surface area contributed by atoms with Crippen molar-refractivity contribution in [2.45, 2.75) is 20.0 Å². The van der Waals surface area contributed by atoms with Gasteiger partial charge in [-0.1, -0.05) is 26.0 Å². The first-order chi connectivity index (χ1) is 9.08. The lowest BCUT2D eigenvalue weighted by atomic mass is 10.2. The summed E-state index contributed by atoms with van der Waals surface area (Å²) in [4.78, 5) is 13.1. The Balaban J connectivity index is 0.00000361. The van der Waals surface area contributed by atoms with Gasteiger partial charge in [-0.25, -0.2) is 4.79 Å². The molecule has 20 heavy (non-hydrogen) atoms. The van der Waals surface area contributed by atoms with Crippen LogP contribution in [0, 0.1) is 0 Å². The topological polar surface area (TPSA) is 70.0 Å². The number of halogens is 1. The number of carbonyl (C=O) groups is 1. The minimum atomic E-state index is -1.03. The van der Waals surface area contributed by atoms with Gasteiger partial charge in [0.25, 0.3) is 0 Å². The van der Waals surface area contributed by atoms with Gasteiger partial charge in [-0.15, -0.1) is 12.4 Å². The Morgan fingerprint density at radius 3 is 2.45 bits per heavy atom. The summed E-state index contributed by atoms with van der Waals surface area (Å²) in [5.74, 6) is -0.748. The summed E-state index contributed by atoms with van der Waals surface area (Å²) >= 11 is 0. The number of hydrogen-bond acceptors (Lipinski definition) is 4. The summed E-state index contributed by atoms with van der Waals surface area (Å²) in [5, 5.41) is 18.9. The van der Waals surface area contributed by atoms with Crippen LogP contribution >= 0.6 is 12.4 Å². The summed E-state index contributed by atoms with van der Waals surface area (Å²) in [6.07, 6.45) is -0.637. The molecule has 0 aliphatic rings. The fourth-order valence-electron chi connectivity index (χ4n) is 1.79. The standard InChI is InChI=1S/C14H21NO4.ClH/c1-3-15(4-2)9-11(16)10-19-13-8-6-5-7-12(13)14(17)18;/h5-8,11,16H,3-4,9-10H2,1-2H3,(H,17,18);1H. The number of benzene rings is 1.